The van der Waals surface area contributed by atoms with Gasteiger partial charge < -0.3 is 10.2 Å². The quantitative estimate of drug-likeness (QED) is 0.607. The standard InChI is InChI=1S/C10H17N3O/c1-10(2,3)9(14)13-5-4-12-7-8(13)6-11/h8,12H,4-5,7H2,1-3H3. The maximum Gasteiger partial charge on any atom is 0.229 e. The zero-order valence-electron chi connectivity index (χ0n) is 9.00. The lowest BCUT2D eigenvalue weighted by molar-refractivity contribution is -0.141. The number of piperazine rings is 1. The van der Waals surface area contributed by atoms with Gasteiger partial charge in [-0.05, 0) is 0 Å². The Morgan fingerprint density at radius 3 is 2.71 bits per heavy atom. The van der Waals surface area contributed by atoms with Gasteiger partial charge in [-0.25, -0.2) is 0 Å². The second-order valence-electron chi connectivity index (χ2n) is 4.60. The second-order valence-corrected chi connectivity index (χ2v) is 4.60. The molecule has 1 unspecified atom stereocenters. The number of carbonyl (C=O) groups is 1. The van der Waals surface area contributed by atoms with Crippen LogP contribution in [0.4, 0.5) is 0 Å². The van der Waals surface area contributed by atoms with Gasteiger partial charge in [0.25, 0.3) is 0 Å². The number of amides is 1. The average Bonchev–Trinajstić information content (AvgIpc) is 2.15. The highest BCUT2D eigenvalue weighted by atomic mass is 16.2. The van der Waals surface area contributed by atoms with Crippen LogP contribution in [0.2, 0.25) is 0 Å². The Morgan fingerprint density at radius 1 is 1.57 bits per heavy atom. The number of rotatable bonds is 0. The summed E-state index contributed by atoms with van der Waals surface area (Å²) in [5, 5.41) is 12.0. The van der Waals surface area contributed by atoms with Gasteiger partial charge in [0.1, 0.15) is 6.04 Å². The highest BCUT2D eigenvalue weighted by Crippen LogP contribution is 2.19. The van der Waals surface area contributed by atoms with Gasteiger partial charge in [0.2, 0.25) is 5.91 Å². The fourth-order valence-corrected chi connectivity index (χ4v) is 1.49. The summed E-state index contributed by atoms with van der Waals surface area (Å²) >= 11 is 0. The fourth-order valence-electron chi connectivity index (χ4n) is 1.49. The Morgan fingerprint density at radius 2 is 2.21 bits per heavy atom. The van der Waals surface area contributed by atoms with E-state index in [-0.39, 0.29) is 11.9 Å². The third-order valence-electron chi connectivity index (χ3n) is 2.29. The number of nitrogens with zero attached hydrogens (tertiary/aromatic N) is 2. The van der Waals surface area contributed by atoms with E-state index >= 15 is 0 Å². The van der Waals surface area contributed by atoms with E-state index in [1.807, 2.05) is 20.8 Å². The molecule has 1 saturated heterocycles. The molecule has 0 aliphatic carbocycles. The van der Waals surface area contributed by atoms with Gasteiger partial charge in [-0.1, -0.05) is 20.8 Å². The Balaban J connectivity index is 2.75. The molecule has 78 valence electrons. The number of nitrogens with one attached hydrogen (secondary N) is 1. The maximum atomic E-state index is 11.9. The number of hydrogen-bond acceptors (Lipinski definition) is 3. The van der Waals surface area contributed by atoms with Crippen molar-refractivity contribution in [1.29, 1.82) is 5.26 Å². The van der Waals surface area contributed by atoms with E-state index in [0.29, 0.717) is 13.1 Å². The van der Waals surface area contributed by atoms with Gasteiger partial charge in [-0.3, -0.25) is 4.79 Å². The summed E-state index contributed by atoms with van der Waals surface area (Å²) < 4.78 is 0. The molecule has 1 amide bonds. The molecule has 0 radical (unpaired) electrons. The van der Waals surface area contributed by atoms with Crippen LogP contribution in [0.25, 0.3) is 0 Å². The zero-order valence-corrected chi connectivity index (χ0v) is 9.00. The molecule has 0 aromatic carbocycles. The van der Waals surface area contributed by atoms with Gasteiger partial charge in [0, 0.05) is 25.0 Å². The molecule has 4 heteroatoms. The van der Waals surface area contributed by atoms with Gasteiger partial charge in [0.15, 0.2) is 0 Å². The molecule has 0 aromatic rings. The van der Waals surface area contributed by atoms with Crippen molar-refractivity contribution in [2.75, 3.05) is 19.6 Å². The van der Waals surface area contributed by atoms with E-state index in [1.54, 1.807) is 4.90 Å². The number of carbonyl (C=O) groups excluding carboxylic acids is 1. The second kappa shape index (κ2) is 3.97. The Labute approximate surface area is 84.9 Å². The van der Waals surface area contributed by atoms with Crippen molar-refractivity contribution in [3.63, 3.8) is 0 Å². The van der Waals surface area contributed by atoms with Gasteiger partial charge in [0.05, 0.1) is 6.07 Å². The normalized spacial score (nSPS) is 23.0. The molecule has 1 aliphatic rings. The first-order valence-corrected chi connectivity index (χ1v) is 4.88. The molecule has 14 heavy (non-hydrogen) atoms. The van der Waals surface area contributed by atoms with Gasteiger partial charge >= 0.3 is 0 Å². The molecule has 1 aliphatic heterocycles. The van der Waals surface area contributed by atoms with E-state index in [2.05, 4.69) is 11.4 Å². The molecule has 0 saturated carbocycles. The Hall–Kier alpha value is -1.08. The highest BCUT2D eigenvalue weighted by Gasteiger charge is 2.33. The molecule has 0 bridgehead atoms. The van der Waals surface area contributed by atoms with E-state index in [4.69, 9.17) is 5.26 Å². The van der Waals surface area contributed by atoms with Crippen LogP contribution >= 0.6 is 0 Å². The van der Waals surface area contributed by atoms with Crippen LogP contribution in [0.1, 0.15) is 20.8 Å². The first-order valence-electron chi connectivity index (χ1n) is 4.88. The topological polar surface area (TPSA) is 56.1 Å². The van der Waals surface area contributed by atoms with Crippen LogP contribution in [-0.2, 0) is 4.79 Å². The molecule has 1 rings (SSSR count). The summed E-state index contributed by atoms with van der Waals surface area (Å²) in [6.07, 6.45) is 0. The van der Waals surface area contributed by atoms with Crippen molar-refractivity contribution in [2.24, 2.45) is 5.41 Å². The summed E-state index contributed by atoms with van der Waals surface area (Å²) in [7, 11) is 0. The van der Waals surface area contributed by atoms with Crippen LogP contribution in [0, 0.1) is 16.7 Å². The molecule has 0 spiro atoms. The van der Waals surface area contributed by atoms with Crippen molar-refractivity contribution >= 4 is 5.91 Å². The largest absolute Gasteiger partial charge is 0.324 e. The third kappa shape index (κ3) is 2.24. The lowest BCUT2D eigenvalue weighted by Crippen LogP contribution is -2.55. The summed E-state index contributed by atoms with van der Waals surface area (Å²) in [5.41, 5.74) is -0.396. The zero-order chi connectivity index (χ0) is 10.8. The summed E-state index contributed by atoms with van der Waals surface area (Å²) in [5.74, 6) is 0.0607. The molecule has 0 aromatic heterocycles. The van der Waals surface area contributed by atoms with Crippen LogP contribution < -0.4 is 5.32 Å². The van der Waals surface area contributed by atoms with Crippen LogP contribution in [0.3, 0.4) is 0 Å². The average molecular weight is 195 g/mol. The van der Waals surface area contributed by atoms with E-state index in [0.717, 1.165) is 6.54 Å². The van der Waals surface area contributed by atoms with E-state index in [9.17, 15) is 4.79 Å². The third-order valence-corrected chi connectivity index (χ3v) is 2.29. The van der Waals surface area contributed by atoms with Crippen LogP contribution in [-0.4, -0.2) is 36.5 Å². The van der Waals surface area contributed by atoms with Crippen LogP contribution in [0.15, 0.2) is 0 Å². The maximum absolute atomic E-state index is 11.9. The predicted octanol–water partition coefficient (Wildman–Crippen LogP) is 0.356. The summed E-state index contributed by atoms with van der Waals surface area (Å²) in [6, 6.07) is 1.84. The predicted molar refractivity (Wildman–Crippen MR) is 53.4 cm³/mol. The summed E-state index contributed by atoms with van der Waals surface area (Å²) in [6.45, 7) is 7.63. The first-order chi connectivity index (χ1) is 6.46. The van der Waals surface area contributed by atoms with Crippen molar-refractivity contribution in [3.8, 4) is 6.07 Å². The van der Waals surface area contributed by atoms with Crippen molar-refractivity contribution in [1.82, 2.24) is 10.2 Å². The van der Waals surface area contributed by atoms with Gasteiger partial charge in [-0.15, -0.1) is 0 Å². The minimum absolute atomic E-state index is 0.0607. The minimum atomic E-state index is -0.396. The van der Waals surface area contributed by atoms with Crippen molar-refractivity contribution in [2.45, 2.75) is 26.8 Å². The fraction of sp³-hybridized carbons (Fsp3) is 0.800. The molecule has 4 nitrogen and oxygen atoms in total. The molecule has 1 atom stereocenters. The highest BCUT2D eigenvalue weighted by molar-refractivity contribution is 5.82. The molecule has 1 fully saturated rings. The minimum Gasteiger partial charge on any atom is -0.324 e. The summed E-state index contributed by atoms with van der Waals surface area (Å²) in [4.78, 5) is 13.6. The lowest BCUT2D eigenvalue weighted by atomic mass is 9.93. The first kappa shape index (κ1) is 11.0. The van der Waals surface area contributed by atoms with Crippen molar-refractivity contribution in [3.05, 3.63) is 0 Å². The SMILES string of the molecule is CC(C)(C)C(=O)N1CCNCC1C#N. The number of nitriles is 1. The van der Waals surface area contributed by atoms with Crippen molar-refractivity contribution < 1.29 is 4.79 Å². The van der Waals surface area contributed by atoms with E-state index in [1.165, 1.54) is 0 Å². The van der Waals surface area contributed by atoms with Gasteiger partial charge in [-0.2, -0.15) is 5.26 Å². The Bertz CT molecular complexity index is 262. The van der Waals surface area contributed by atoms with Crippen LogP contribution in [0.5, 0.6) is 0 Å². The monoisotopic (exact) mass is 195 g/mol. The smallest absolute Gasteiger partial charge is 0.229 e. The molecular weight excluding hydrogens is 178 g/mol. The lowest BCUT2D eigenvalue weighted by Gasteiger charge is -2.36. The molecule has 1 N–H and O–H groups in total. The molecule has 1 heterocycles. The molecular formula is C10H17N3O. The van der Waals surface area contributed by atoms with E-state index < -0.39 is 5.41 Å². The number of hydrogen-bond donors (Lipinski definition) is 1. The Kier molecular flexibility index (Phi) is 3.12.